The van der Waals surface area contributed by atoms with Gasteiger partial charge in [-0.2, -0.15) is 0 Å². The molecule has 1 N–H and O–H groups in total. The first-order valence-electron chi connectivity index (χ1n) is 5.62. The van der Waals surface area contributed by atoms with E-state index in [1.807, 2.05) is 24.3 Å². The van der Waals surface area contributed by atoms with E-state index in [0.717, 1.165) is 21.5 Å². The number of methoxy groups -OCH3 is 1. The summed E-state index contributed by atoms with van der Waals surface area (Å²) in [7, 11) is 1.62. The fourth-order valence-electron chi connectivity index (χ4n) is 1.66. The van der Waals surface area contributed by atoms with Gasteiger partial charge in [0.2, 0.25) is 0 Å². The largest absolute Gasteiger partial charge is 0.496 e. The van der Waals surface area contributed by atoms with Gasteiger partial charge >= 0.3 is 0 Å². The Balaban J connectivity index is 2.10. The first kappa shape index (κ1) is 14.3. The smallest absolute Gasteiger partial charge is 0.137 e. The van der Waals surface area contributed by atoms with Crippen LogP contribution < -0.4 is 10.1 Å². The zero-order valence-electron chi connectivity index (χ0n) is 10.2. The number of anilines is 1. The first-order valence-corrected chi connectivity index (χ1v) is 7.20. The van der Waals surface area contributed by atoms with Gasteiger partial charge in [0.25, 0.3) is 0 Å². The number of rotatable bonds is 4. The summed E-state index contributed by atoms with van der Waals surface area (Å²) in [6.45, 7) is 0.539. The fourth-order valence-corrected chi connectivity index (χ4v) is 2.60. The van der Waals surface area contributed by atoms with Crippen molar-refractivity contribution in [3.63, 3.8) is 0 Å². The van der Waals surface area contributed by atoms with Crippen LogP contribution in [0.1, 0.15) is 5.56 Å². The maximum absolute atomic E-state index is 13.4. The Hall–Kier alpha value is -1.07. The third-order valence-corrected chi connectivity index (χ3v) is 4.17. The molecule has 0 saturated heterocycles. The van der Waals surface area contributed by atoms with Crippen molar-refractivity contribution in [2.75, 3.05) is 12.4 Å². The van der Waals surface area contributed by atoms with Crippen LogP contribution in [-0.4, -0.2) is 7.11 Å². The molecule has 0 fully saturated rings. The lowest BCUT2D eigenvalue weighted by Crippen LogP contribution is -2.01. The first-order chi connectivity index (χ1) is 9.11. The van der Waals surface area contributed by atoms with Gasteiger partial charge in [0, 0.05) is 12.2 Å². The van der Waals surface area contributed by atoms with Crippen LogP contribution in [-0.2, 0) is 6.54 Å². The van der Waals surface area contributed by atoms with Gasteiger partial charge in [0.15, 0.2) is 0 Å². The number of halogens is 3. The third-order valence-electron chi connectivity index (χ3n) is 2.67. The van der Waals surface area contributed by atoms with Crippen molar-refractivity contribution in [3.8, 4) is 5.75 Å². The van der Waals surface area contributed by atoms with E-state index < -0.39 is 0 Å². The van der Waals surface area contributed by atoms with Crippen molar-refractivity contribution in [2.45, 2.75) is 6.54 Å². The average molecular weight is 389 g/mol. The van der Waals surface area contributed by atoms with Gasteiger partial charge in [-0.15, -0.1) is 0 Å². The topological polar surface area (TPSA) is 21.3 Å². The van der Waals surface area contributed by atoms with Crippen molar-refractivity contribution >= 4 is 37.5 Å². The molecule has 0 aliphatic heterocycles. The van der Waals surface area contributed by atoms with E-state index in [9.17, 15) is 4.39 Å². The quantitative estimate of drug-likeness (QED) is 0.798. The van der Waals surface area contributed by atoms with Crippen molar-refractivity contribution in [1.29, 1.82) is 0 Å². The standard InChI is InChI=1S/C14H12Br2FNO/c1-19-13-6-5-10(7-11(13)15)18-8-9-3-2-4-12(17)14(9)16/h2-7,18H,8H2,1H3. The highest BCUT2D eigenvalue weighted by molar-refractivity contribution is 9.10. The molecule has 2 nitrogen and oxygen atoms in total. The van der Waals surface area contributed by atoms with Crippen molar-refractivity contribution < 1.29 is 9.13 Å². The molecule has 19 heavy (non-hydrogen) atoms. The highest BCUT2D eigenvalue weighted by atomic mass is 79.9. The summed E-state index contributed by atoms with van der Waals surface area (Å²) >= 11 is 6.67. The Morgan fingerprint density at radius 2 is 2.00 bits per heavy atom. The number of ether oxygens (including phenoxy) is 1. The van der Waals surface area contributed by atoms with Gasteiger partial charge in [0.05, 0.1) is 16.1 Å². The van der Waals surface area contributed by atoms with Crippen LogP contribution >= 0.6 is 31.9 Å². The molecule has 0 bridgehead atoms. The molecule has 0 spiro atoms. The second-order valence-electron chi connectivity index (χ2n) is 3.92. The summed E-state index contributed by atoms with van der Waals surface area (Å²) in [6, 6.07) is 10.7. The second kappa shape index (κ2) is 6.39. The minimum atomic E-state index is -0.254. The molecule has 0 saturated carbocycles. The van der Waals surface area contributed by atoms with E-state index in [1.54, 1.807) is 13.2 Å². The van der Waals surface area contributed by atoms with Crippen LogP contribution in [0.2, 0.25) is 0 Å². The maximum atomic E-state index is 13.4. The van der Waals surface area contributed by atoms with Gasteiger partial charge < -0.3 is 10.1 Å². The maximum Gasteiger partial charge on any atom is 0.137 e. The summed E-state index contributed by atoms with van der Waals surface area (Å²) in [5, 5.41) is 3.24. The highest BCUT2D eigenvalue weighted by Gasteiger charge is 2.05. The van der Waals surface area contributed by atoms with Crippen LogP contribution in [0.3, 0.4) is 0 Å². The van der Waals surface area contributed by atoms with Crippen LogP contribution in [0.25, 0.3) is 0 Å². The summed E-state index contributed by atoms with van der Waals surface area (Å²) in [5.74, 6) is 0.521. The molecule has 0 aliphatic rings. The van der Waals surface area contributed by atoms with E-state index in [0.29, 0.717) is 11.0 Å². The lowest BCUT2D eigenvalue weighted by molar-refractivity contribution is 0.412. The molecular weight excluding hydrogens is 377 g/mol. The summed E-state index contributed by atoms with van der Waals surface area (Å²) in [6.07, 6.45) is 0. The van der Waals surface area contributed by atoms with Crippen LogP contribution in [0.5, 0.6) is 5.75 Å². The van der Waals surface area contributed by atoms with Gasteiger partial charge in [0.1, 0.15) is 11.6 Å². The van der Waals surface area contributed by atoms with E-state index in [1.165, 1.54) is 6.07 Å². The molecule has 100 valence electrons. The summed E-state index contributed by atoms with van der Waals surface area (Å²) in [4.78, 5) is 0. The zero-order valence-corrected chi connectivity index (χ0v) is 13.4. The Morgan fingerprint density at radius 1 is 1.21 bits per heavy atom. The monoisotopic (exact) mass is 387 g/mol. The molecule has 0 amide bonds. The Labute approximate surface area is 128 Å². The Morgan fingerprint density at radius 3 is 2.68 bits per heavy atom. The number of hydrogen-bond acceptors (Lipinski definition) is 2. The zero-order chi connectivity index (χ0) is 13.8. The molecule has 2 aromatic carbocycles. The SMILES string of the molecule is COc1ccc(NCc2cccc(F)c2Br)cc1Br. The number of hydrogen-bond donors (Lipinski definition) is 1. The molecule has 5 heteroatoms. The highest BCUT2D eigenvalue weighted by Crippen LogP contribution is 2.28. The number of benzene rings is 2. The molecular formula is C14H12Br2FNO. The van der Waals surface area contributed by atoms with E-state index in [4.69, 9.17) is 4.74 Å². The van der Waals surface area contributed by atoms with Crippen LogP contribution in [0.4, 0.5) is 10.1 Å². The Kier molecular flexibility index (Phi) is 4.82. The minimum Gasteiger partial charge on any atom is -0.496 e. The lowest BCUT2D eigenvalue weighted by atomic mass is 10.2. The molecule has 0 unspecified atom stereocenters. The number of nitrogens with one attached hydrogen (secondary N) is 1. The fraction of sp³-hybridized carbons (Fsp3) is 0.143. The molecule has 0 radical (unpaired) electrons. The third kappa shape index (κ3) is 3.48. The normalized spacial score (nSPS) is 10.3. The van der Waals surface area contributed by atoms with Crippen molar-refractivity contribution in [1.82, 2.24) is 0 Å². The van der Waals surface area contributed by atoms with Gasteiger partial charge in [-0.25, -0.2) is 4.39 Å². The van der Waals surface area contributed by atoms with Crippen molar-refractivity contribution in [2.24, 2.45) is 0 Å². The van der Waals surface area contributed by atoms with Gasteiger partial charge in [-0.05, 0) is 61.7 Å². The second-order valence-corrected chi connectivity index (χ2v) is 5.56. The molecule has 0 aromatic heterocycles. The molecule has 0 aliphatic carbocycles. The summed E-state index contributed by atoms with van der Waals surface area (Å²) in [5.41, 5.74) is 1.80. The van der Waals surface area contributed by atoms with E-state index in [-0.39, 0.29) is 5.82 Å². The van der Waals surface area contributed by atoms with Crippen LogP contribution in [0.15, 0.2) is 45.3 Å². The predicted octanol–water partition coefficient (Wildman–Crippen LogP) is 4.97. The lowest BCUT2D eigenvalue weighted by Gasteiger charge is -2.10. The molecule has 2 aromatic rings. The van der Waals surface area contributed by atoms with Gasteiger partial charge in [-0.1, -0.05) is 12.1 Å². The van der Waals surface area contributed by atoms with Crippen molar-refractivity contribution in [3.05, 3.63) is 56.7 Å². The minimum absolute atomic E-state index is 0.254. The Bertz CT molecular complexity index is 590. The van der Waals surface area contributed by atoms with E-state index >= 15 is 0 Å². The molecule has 0 atom stereocenters. The van der Waals surface area contributed by atoms with Crippen LogP contribution in [0, 0.1) is 5.82 Å². The average Bonchev–Trinajstić information content (AvgIpc) is 2.40. The predicted molar refractivity (Wildman–Crippen MR) is 82.1 cm³/mol. The molecule has 2 rings (SSSR count). The van der Waals surface area contributed by atoms with E-state index in [2.05, 4.69) is 37.2 Å². The van der Waals surface area contributed by atoms with Gasteiger partial charge in [-0.3, -0.25) is 0 Å². The summed E-state index contributed by atoms with van der Waals surface area (Å²) < 4.78 is 19.9. The molecule has 0 heterocycles.